The third-order valence-corrected chi connectivity index (χ3v) is 1.76. The SMILES string of the molecule is Cc1cccc(N(C#N)C(N)=S)c1. The summed E-state index contributed by atoms with van der Waals surface area (Å²) in [5.74, 6) is 0. The molecule has 0 saturated heterocycles. The smallest absolute Gasteiger partial charge is 0.191 e. The van der Waals surface area contributed by atoms with Gasteiger partial charge in [0.15, 0.2) is 11.3 Å². The predicted octanol–water partition coefficient (Wildman–Crippen LogP) is 1.53. The number of aryl methyl sites for hydroxylation is 1. The monoisotopic (exact) mass is 191 g/mol. The summed E-state index contributed by atoms with van der Waals surface area (Å²) in [6.45, 7) is 1.94. The number of benzene rings is 1. The Hall–Kier alpha value is -1.60. The maximum atomic E-state index is 8.75. The van der Waals surface area contributed by atoms with E-state index in [0.717, 1.165) is 5.56 Å². The van der Waals surface area contributed by atoms with Crippen LogP contribution < -0.4 is 10.6 Å². The lowest BCUT2D eigenvalue weighted by Crippen LogP contribution is -2.30. The molecule has 0 aliphatic heterocycles. The van der Waals surface area contributed by atoms with Gasteiger partial charge in [0.25, 0.3) is 0 Å². The average molecular weight is 191 g/mol. The number of anilines is 1. The van der Waals surface area contributed by atoms with Gasteiger partial charge in [0, 0.05) is 0 Å². The lowest BCUT2D eigenvalue weighted by atomic mass is 10.2. The van der Waals surface area contributed by atoms with Crippen LogP contribution in [0.4, 0.5) is 5.69 Å². The second-order valence-electron chi connectivity index (χ2n) is 2.61. The lowest BCUT2D eigenvalue weighted by molar-refractivity contribution is 1.31. The molecular formula is C9H9N3S. The normalized spacial score (nSPS) is 8.92. The molecule has 4 heteroatoms. The van der Waals surface area contributed by atoms with Crippen molar-refractivity contribution in [1.29, 1.82) is 5.26 Å². The van der Waals surface area contributed by atoms with Gasteiger partial charge >= 0.3 is 0 Å². The van der Waals surface area contributed by atoms with Crippen LogP contribution in [0.1, 0.15) is 5.56 Å². The van der Waals surface area contributed by atoms with E-state index in [9.17, 15) is 0 Å². The molecule has 1 rings (SSSR count). The van der Waals surface area contributed by atoms with Crippen LogP contribution in [0.3, 0.4) is 0 Å². The van der Waals surface area contributed by atoms with E-state index in [1.54, 1.807) is 6.07 Å². The lowest BCUT2D eigenvalue weighted by Gasteiger charge is -2.12. The molecule has 66 valence electrons. The van der Waals surface area contributed by atoms with Crippen LogP contribution >= 0.6 is 12.2 Å². The summed E-state index contributed by atoms with van der Waals surface area (Å²) >= 11 is 4.72. The van der Waals surface area contributed by atoms with Crippen LogP contribution in [-0.2, 0) is 0 Å². The van der Waals surface area contributed by atoms with Gasteiger partial charge in [-0.2, -0.15) is 5.26 Å². The molecule has 0 atom stereocenters. The summed E-state index contributed by atoms with van der Waals surface area (Å²) in [6, 6.07) is 7.43. The van der Waals surface area contributed by atoms with E-state index in [1.165, 1.54) is 4.90 Å². The molecule has 2 N–H and O–H groups in total. The first-order valence-corrected chi connectivity index (χ1v) is 4.12. The fraction of sp³-hybridized carbons (Fsp3) is 0.111. The standard InChI is InChI=1S/C9H9N3S/c1-7-3-2-4-8(5-7)12(6-10)9(11)13/h2-5H,1H3,(H2,11,13). The van der Waals surface area contributed by atoms with E-state index in [0.29, 0.717) is 5.69 Å². The number of thiocarbonyl (C=S) groups is 1. The third-order valence-electron chi connectivity index (χ3n) is 1.58. The van der Waals surface area contributed by atoms with E-state index in [-0.39, 0.29) is 5.11 Å². The number of rotatable bonds is 1. The Morgan fingerprint density at radius 3 is 2.77 bits per heavy atom. The van der Waals surface area contributed by atoms with Gasteiger partial charge in [-0.15, -0.1) is 0 Å². The Kier molecular flexibility index (Phi) is 2.83. The molecule has 0 amide bonds. The number of hydrogen-bond donors (Lipinski definition) is 1. The summed E-state index contributed by atoms with van der Waals surface area (Å²) in [4.78, 5) is 1.21. The summed E-state index contributed by atoms with van der Waals surface area (Å²) < 4.78 is 0. The molecule has 1 aromatic carbocycles. The van der Waals surface area contributed by atoms with Crippen LogP contribution in [-0.4, -0.2) is 5.11 Å². The molecule has 0 fully saturated rings. The molecule has 0 bridgehead atoms. The number of hydrogen-bond acceptors (Lipinski definition) is 2. The average Bonchev–Trinajstić information content (AvgIpc) is 2.04. The molecule has 1 aromatic rings. The molecule has 0 heterocycles. The van der Waals surface area contributed by atoms with Crippen molar-refractivity contribution < 1.29 is 0 Å². The minimum Gasteiger partial charge on any atom is -0.375 e. The highest BCUT2D eigenvalue weighted by molar-refractivity contribution is 7.80. The Morgan fingerprint density at radius 2 is 2.31 bits per heavy atom. The largest absolute Gasteiger partial charge is 0.375 e. The molecule has 0 spiro atoms. The zero-order chi connectivity index (χ0) is 9.84. The molecule has 0 aromatic heterocycles. The van der Waals surface area contributed by atoms with Crippen molar-refractivity contribution in [2.45, 2.75) is 6.92 Å². The van der Waals surface area contributed by atoms with Gasteiger partial charge < -0.3 is 5.73 Å². The summed E-state index contributed by atoms with van der Waals surface area (Å²) in [5.41, 5.74) is 7.13. The molecular weight excluding hydrogens is 182 g/mol. The maximum absolute atomic E-state index is 8.75. The highest BCUT2D eigenvalue weighted by Crippen LogP contribution is 2.14. The Balaban J connectivity index is 3.07. The fourth-order valence-electron chi connectivity index (χ4n) is 1.00. The van der Waals surface area contributed by atoms with Crippen molar-refractivity contribution in [3.05, 3.63) is 29.8 Å². The Bertz CT molecular complexity index is 367. The first kappa shape index (κ1) is 9.49. The van der Waals surface area contributed by atoms with Crippen LogP contribution in [0.2, 0.25) is 0 Å². The van der Waals surface area contributed by atoms with Crippen molar-refractivity contribution in [2.75, 3.05) is 4.90 Å². The quantitative estimate of drug-likeness (QED) is 0.415. The highest BCUT2D eigenvalue weighted by atomic mass is 32.1. The van der Waals surface area contributed by atoms with Gasteiger partial charge in [0.2, 0.25) is 0 Å². The minimum absolute atomic E-state index is 0.0631. The van der Waals surface area contributed by atoms with Crippen molar-refractivity contribution in [3.8, 4) is 6.19 Å². The van der Waals surface area contributed by atoms with Gasteiger partial charge in [-0.1, -0.05) is 12.1 Å². The molecule has 0 aliphatic rings. The number of nitriles is 1. The first-order valence-electron chi connectivity index (χ1n) is 3.71. The topological polar surface area (TPSA) is 53.0 Å². The van der Waals surface area contributed by atoms with Gasteiger partial charge in [-0.3, -0.25) is 0 Å². The van der Waals surface area contributed by atoms with E-state index >= 15 is 0 Å². The molecule has 0 radical (unpaired) electrons. The van der Waals surface area contributed by atoms with E-state index in [2.05, 4.69) is 0 Å². The van der Waals surface area contributed by atoms with Crippen molar-refractivity contribution in [3.63, 3.8) is 0 Å². The van der Waals surface area contributed by atoms with Crippen LogP contribution in [0, 0.1) is 18.4 Å². The molecule has 0 aliphatic carbocycles. The van der Waals surface area contributed by atoms with Gasteiger partial charge in [-0.25, -0.2) is 4.90 Å². The van der Waals surface area contributed by atoms with Crippen molar-refractivity contribution >= 4 is 23.0 Å². The van der Waals surface area contributed by atoms with Crippen LogP contribution in [0.5, 0.6) is 0 Å². The first-order chi connectivity index (χ1) is 6.15. The number of nitrogens with two attached hydrogens (primary N) is 1. The summed E-state index contributed by atoms with van der Waals surface area (Å²) in [7, 11) is 0. The van der Waals surface area contributed by atoms with E-state index in [4.69, 9.17) is 23.2 Å². The Morgan fingerprint density at radius 1 is 1.62 bits per heavy atom. The minimum atomic E-state index is 0.0631. The van der Waals surface area contributed by atoms with Crippen molar-refractivity contribution in [1.82, 2.24) is 0 Å². The van der Waals surface area contributed by atoms with Crippen LogP contribution in [0.25, 0.3) is 0 Å². The van der Waals surface area contributed by atoms with Gasteiger partial charge in [0.1, 0.15) is 0 Å². The molecule has 13 heavy (non-hydrogen) atoms. The summed E-state index contributed by atoms with van der Waals surface area (Å²) in [5, 5.41) is 8.81. The van der Waals surface area contributed by atoms with Crippen LogP contribution in [0.15, 0.2) is 24.3 Å². The fourth-order valence-corrected chi connectivity index (χ4v) is 1.15. The zero-order valence-corrected chi connectivity index (χ0v) is 8.01. The third kappa shape index (κ3) is 2.17. The van der Waals surface area contributed by atoms with Gasteiger partial charge in [0.05, 0.1) is 5.69 Å². The second kappa shape index (κ2) is 3.87. The zero-order valence-electron chi connectivity index (χ0n) is 7.19. The molecule has 0 unspecified atom stereocenters. The summed E-state index contributed by atoms with van der Waals surface area (Å²) in [6.07, 6.45) is 1.91. The van der Waals surface area contributed by atoms with E-state index in [1.807, 2.05) is 31.3 Å². The predicted molar refractivity (Wildman–Crippen MR) is 56.1 cm³/mol. The molecule has 0 saturated carbocycles. The van der Waals surface area contributed by atoms with Crippen molar-refractivity contribution in [2.24, 2.45) is 5.73 Å². The van der Waals surface area contributed by atoms with E-state index < -0.39 is 0 Å². The number of nitrogens with zero attached hydrogens (tertiary/aromatic N) is 2. The Labute approximate surface area is 82.4 Å². The second-order valence-corrected chi connectivity index (χ2v) is 3.03. The maximum Gasteiger partial charge on any atom is 0.191 e. The highest BCUT2D eigenvalue weighted by Gasteiger charge is 2.06. The van der Waals surface area contributed by atoms with Gasteiger partial charge in [-0.05, 0) is 36.8 Å². The molecule has 3 nitrogen and oxygen atoms in total.